The highest BCUT2D eigenvalue weighted by atomic mass is 35.5. The largest absolute Gasteiger partial charge is 0.321 e. The number of rotatable bonds is 4. The van der Waals surface area contributed by atoms with Gasteiger partial charge in [-0.15, -0.1) is 0 Å². The van der Waals surface area contributed by atoms with Gasteiger partial charge in [0.05, 0.1) is 16.4 Å². The van der Waals surface area contributed by atoms with Crippen molar-refractivity contribution in [3.05, 3.63) is 51.3 Å². The maximum Gasteiger partial charge on any atom is 0.0850 e. The minimum atomic E-state index is -0.474. The Morgan fingerprint density at radius 1 is 1.33 bits per heavy atom. The van der Waals surface area contributed by atoms with Crippen LogP contribution in [-0.2, 0) is 25.4 Å². The van der Waals surface area contributed by atoms with Crippen LogP contribution in [0.1, 0.15) is 41.9 Å². The molecule has 0 fully saturated rings. The van der Waals surface area contributed by atoms with Crippen LogP contribution in [0.3, 0.4) is 0 Å². The zero-order chi connectivity index (χ0) is 15.8. The first kappa shape index (κ1) is 16.1. The molecule has 1 aromatic heterocycles. The molecule has 114 valence electrons. The van der Waals surface area contributed by atoms with Gasteiger partial charge in [0.2, 0.25) is 0 Å². The normalized spacial score (nSPS) is 14.2. The predicted octanol–water partition coefficient (Wildman–Crippen LogP) is 3.67. The topological polar surface area (TPSA) is 43.8 Å². The highest BCUT2D eigenvalue weighted by Crippen LogP contribution is 2.30. The van der Waals surface area contributed by atoms with Crippen molar-refractivity contribution in [3.63, 3.8) is 0 Å². The summed E-state index contributed by atoms with van der Waals surface area (Å²) in [5, 5.41) is 5.23. The van der Waals surface area contributed by atoms with E-state index in [1.165, 1.54) is 11.1 Å². The summed E-state index contributed by atoms with van der Waals surface area (Å²) in [6.45, 7) is 8.31. The van der Waals surface area contributed by atoms with E-state index in [0.717, 1.165) is 28.4 Å². The van der Waals surface area contributed by atoms with E-state index in [1.807, 2.05) is 11.7 Å². The molecule has 0 aliphatic rings. The van der Waals surface area contributed by atoms with Gasteiger partial charge in [0.25, 0.3) is 0 Å². The Morgan fingerprint density at radius 3 is 2.57 bits per heavy atom. The molecular formula is C17H24ClN3. The Hall–Kier alpha value is -1.32. The van der Waals surface area contributed by atoms with E-state index >= 15 is 0 Å². The molecule has 2 rings (SSSR count). The van der Waals surface area contributed by atoms with E-state index < -0.39 is 5.54 Å². The second-order valence-corrected chi connectivity index (χ2v) is 6.48. The van der Waals surface area contributed by atoms with Crippen LogP contribution in [0.25, 0.3) is 0 Å². The van der Waals surface area contributed by atoms with Crippen molar-refractivity contribution in [3.8, 4) is 0 Å². The number of hydrogen-bond donors (Lipinski definition) is 1. The SMILES string of the molecule is CCc1nn(C)c(CC(C)(N)c2cc(C)ccc2C)c1Cl. The van der Waals surface area contributed by atoms with Crippen LogP contribution in [0.2, 0.25) is 5.02 Å². The lowest BCUT2D eigenvalue weighted by atomic mass is 9.84. The molecule has 3 nitrogen and oxygen atoms in total. The molecule has 1 atom stereocenters. The lowest BCUT2D eigenvalue weighted by Crippen LogP contribution is -2.37. The van der Waals surface area contributed by atoms with E-state index in [-0.39, 0.29) is 0 Å². The maximum absolute atomic E-state index is 6.63. The van der Waals surface area contributed by atoms with Crippen LogP contribution >= 0.6 is 11.6 Å². The molecule has 2 N–H and O–H groups in total. The second-order valence-electron chi connectivity index (χ2n) is 6.10. The Balaban J connectivity index is 2.42. The molecule has 1 aromatic carbocycles. The summed E-state index contributed by atoms with van der Waals surface area (Å²) in [4.78, 5) is 0. The molecule has 0 amide bonds. The highest BCUT2D eigenvalue weighted by molar-refractivity contribution is 6.31. The van der Waals surface area contributed by atoms with Gasteiger partial charge in [-0.25, -0.2) is 0 Å². The molecule has 4 heteroatoms. The third-order valence-electron chi connectivity index (χ3n) is 4.05. The van der Waals surface area contributed by atoms with Gasteiger partial charge in [-0.05, 0) is 38.3 Å². The molecule has 1 unspecified atom stereocenters. The number of hydrogen-bond acceptors (Lipinski definition) is 2. The molecule has 0 saturated carbocycles. The van der Waals surface area contributed by atoms with E-state index in [9.17, 15) is 0 Å². The highest BCUT2D eigenvalue weighted by Gasteiger charge is 2.27. The van der Waals surface area contributed by atoms with Crippen LogP contribution in [0.5, 0.6) is 0 Å². The molecule has 0 bridgehead atoms. The third kappa shape index (κ3) is 3.14. The smallest absolute Gasteiger partial charge is 0.0850 e. The van der Waals surface area contributed by atoms with Crippen molar-refractivity contribution in [2.45, 2.75) is 46.1 Å². The van der Waals surface area contributed by atoms with Gasteiger partial charge in [-0.3, -0.25) is 4.68 Å². The lowest BCUT2D eigenvalue weighted by molar-refractivity contribution is 0.469. The molecule has 0 saturated heterocycles. The van der Waals surface area contributed by atoms with Crippen molar-refractivity contribution in [2.75, 3.05) is 0 Å². The molecule has 2 aromatic rings. The zero-order valence-corrected chi connectivity index (χ0v) is 14.3. The number of halogens is 1. The zero-order valence-electron chi connectivity index (χ0n) is 13.5. The van der Waals surface area contributed by atoms with Gasteiger partial charge in [0.1, 0.15) is 0 Å². The summed E-state index contributed by atoms with van der Waals surface area (Å²) < 4.78 is 1.86. The lowest BCUT2D eigenvalue weighted by Gasteiger charge is -2.28. The fourth-order valence-electron chi connectivity index (χ4n) is 2.81. The summed E-state index contributed by atoms with van der Waals surface area (Å²) in [7, 11) is 1.93. The number of nitrogens with zero attached hydrogens (tertiary/aromatic N) is 2. The van der Waals surface area contributed by atoms with Crippen molar-refractivity contribution >= 4 is 11.6 Å². The first-order valence-corrected chi connectivity index (χ1v) is 7.71. The van der Waals surface area contributed by atoms with Crippen LogP contribution in [-0.4, -0.2) is 9.78 Å². The van der Waals surface area contributed by atoms with Gasteiger partial charge < -0.3 is 5.73 Å². The van der Waals surface area contributed by atoms with E-state index in [0.29, 0.717) is 6.42 Å². The third-order valence-corrected chi connectivity index (χ3v) is 4.48. The molecule has 1 heterocycles. The van der Waals surface area contributed by atoms with Crippen LogP contribution < -0.4 is 5.73 Å². The number of aryl methyl sites for hydroxylation is 4. The molecule has 21 heavy (non-hydrogen) atoms. The number of nitrogens with two attached hydrogens (primary N) is 1. The van der Waals surface area contributed by atoms with Crippen molar-refractivity contribution in [1.29, 1.82) is 0 Å². The van der Waals surface area contributed by atoms with E-state index in [2.05, 4.69) is 51.0 Å². The fraction of sp³-hybridized carbons (Fsp3) is 0.471. The van der Waals surface area contributed by atoms with E-state index in [1.54, 1.807) is 0 Å². The predicted molar refractivity (Wildman–Crippen MR) is 88.8 cm³/mol. The van der Waals surface area contributed by atoms with Gasteiger partial charge in [0.15, 0.2) is 0 Å². The average molecular weight is 306 g/mol. The maximum atomic E-state index is 6.63. The summed E-state index contributed by atoms with van der Waals surface area (Å²) in [5.41, 5.74) is 11.7. The summed E-state index contributed by atoms with van der Waals surface area (Å²) in [6.07, 6.45) is 1.50. The number of benzene rings is 1. The van der Waals surface area contributed by atoms with Crippen LogP contribution in [0.4, 0.5) is 0 Å². The van der Waals surface area contributed by atoms with Gasteiger partial charge in [-0.1, -0.05) is 42.3 Å². The summed E-state index contributed by atoms with van der Waals surface area (Å²) >= 11 is 6.46. The standard InChI is InChI=1S/C17H24ClN3/c1-6-14-16(18)15(21(5)20-14)10-17(4,19)13-9-11(2)7-8-12(13)3/h7-9H,6,10,19H2,1-5H3. The molecule has 0 aliphatic heterocycles. The van der Waals surface area contributed by atoms with Crippen molar-refractivity contribution < 1.29 is 0 Å². The molecule has 0 aliphatic carbocycles. The van der Waals surface area contributed by atoms with Crippen molar-refractivity contribution in [1.82, 2.24) is 9.78 Å². The van der Waals surface area contributed by atoms with Gasteiger partial charge in [-0.2, -0.15) is 5.10 Å². The molecule has 0 radical (unpaired) electrons. The Morgan fingerprint density at radius 2 is 2.00 bits per heavy atom. The Bertz CT molecular complexity index is 656. The minimum absolute atomic E-state index is 0.474. The Kier molecular flexibility index (Phi) is 4.45. The second kappa shape index (κ2) is 5.82. The molecular weight excluding hydrogens is 282 g/mol. The van der Waals surface area contributed by atoms with E-state index in [4.69, 9.17) is 17.3 Å². The van der Waals surface area contributed by atoms with Crippen LogP contribution in [0.15, 0.2) is 18.2 Å². The summed E-state index contributed by atoms with van der Waals surface area (Å²) in [5.74, 6) is 0. The summed E-state index contributed by atoms with van der Waals surface area (Å²) in [6, 6.07) is 6.40. The van der Waals surface area contributed by atoms with Gasteiger partial charge >= 0.3 is 0 Å². The number of aromatic nitrogens is 2. The van der Waals surface area contributed by atoms with Crippen LogP contribution in [0, 0.1) is 13.8 Å². The van der Waals surface area contributed by atoms with Gasteiger partial charge in [0, 0.05) is 19.0 Å². The van der Waals surface area contributed by atoms with Crippen molar-refractivity contribution in [2.24, 2.45) is 12.8 Å². The fourth-order valence-corrected chi connectivity index (χ4v) is 3.17. The first-order valence-electron chi connectivity index (χ1n) is 7.33. The molecule has 0 spiro atoms. The Labute approximate surface area is 132 Å². The monoisotopic (exact) mass is 305 g/mol. The first-order chi connectivity index (χ1) is 9.76. The quantitative estimate of drug-likeness (QED) is 0.936. The minimum Gasteiger partial charge on any atom is -0.321 e. The average Bonchev–Trinajstić information content (AvgIpc) is 2.68.